The number of Topliss-reactive ketones (excluding diaryl/α,β-unsaturated/α-hetero) is 2. The number of carbonyl (C=O) groups is 2. The first-order chi connectivity index (χ1) is 23.6. The number of aliphatic hydroxyl groups is 1. The molecule has 0 spiro atoms. The molecule has 50 heavy (non-hydrogen) atoms. The smallest absolute Gasteiger partial charge is 0.265 e. The van der Waals surface area contributed by atoms with Crippen molar-refractivity contribution in [1.82, 2.24) is 10.1 Å². The first-order valence-corrected chi connectivity index (χ1v) is 21.1. The van der Waals surface area contributed by atoms with Crippen LogP contribution in [0.5, 0.6) is 17.4 Å². The number of hydrogen-bond donors (Lipinski definition) is 2. The number of ether oxygens (including phenoxy) is 3. The lowest BCUT2D eigenvalue weighted by molar-refractivity contribution is -0.140. The van der Waals surface area contributed by atoms with Crippen LogP contribution < -0.4 is 19.5 Å². The highest BCUT2D eigenvalue weighted by Crippen LogP contribution is 2.60. The molecule has 0 radical (unpaired) electrons. The van der Waals surface area contributed by atoms with Crippen LogP contribution in [0.2, 0.25) is 18.1 Å². The Morgan fingerprint density at radius 1 is 1.06 bits per heavy atom. The monoisotopic (exact) mass is 711 g/mol. The van der Waals surface area contributed by atoms with Gasteiger partial charge in [0.1, 0.15) is 17.1 Å². The van der Waals surface area contributed by atoms with Gasteiger partial charge in [-0.3, -0.25) is 14.5 Å². The summed E-state index contributed by atoms with van der Waals surface area (Å²) in [6.45, 7) is 17.9. The van der Waals surface area contributed by atoms with E-state index in [4.69, 9.17) is 23.2 Å². The first-order valence-electron chi connectivity index (χ1n) is 18.2. The molecule has 11 nitrogen and oxygen atoms in total. The number of anilines is 1. The number of aliphatic hydroxyl groups excluding tert-OH is 1. The highest BCUT2D eigenvalue weighted by molar-refractivity contribution is 6.74. The van der Waals surface area contributed by atoms with Gasteiger partial charge in [-0.15, -0.1) is 0 Å². The Hall–Kier alpha value is -3.35. The third kappa shape index (κ3) is 6.15. The zero-order valence-electron chi connectivity index (χ0n) is 31.9. The maximum Gasteiger partial charge on any atom is 0.265 e. The molecule has 1 fully saturated rings. The molecule has 0 saturated heterocycles. The molecule has 1 aromatic carbocycles. The number of unbranched alkanes of at least 4 members (excludes halogenated alkanes) is 2. The lowest BCUT2D eigenvalue weighted by Gasteiger charge is -2.55. The summed E-state index contributed by atoms with van der Waals surface area (Å²) in [6.07, 6.45) is 4.21. The van der Waals surface area contributed by atoms with Crippen molar-refractivity contribution in [3.63, 3.8) is 0 Å². The highest BCUT2D eigenvalue weighted by atomic mass is 28.4. The quantitative estimate of drug-likeness (QED) is 0.113. The lowest BCUT2D eigenvalue weighted by atomic mass is 9.57. The van der Waals surface area contributed by atoms with Crippen molar-refractivity contribution in [2.24, 2.45) is 11.8 Å². The number of nitrogens with one attached hydrogen (secondary N) is 1. The zero-order chi connectivity index (χ0) is 36.8. The Morgan fingerprint density at radius 3 is 2.30 bits per heavy atom. The standard InChI is InChI=1S/C38H57N3O8Si/c1-12-15-17-46-32-25(39-14-3)21-26(45-9)23-19-22-20-24-30(41(7)8)33-29(36(40-48-33)47-18-16-13-2)35(44)38(24,49-50(10,11)37(4,5)6)34(43)27(22)31(42)28(23)32/h21-22,24,30,39,42H,12-20H2,1-11H3/t22-,24-,30-,38-/m0/s1. The third-order valence-electron chi connectivity index (χ3n) is 11.1. The molecule has 5 rings (SSSR count). The largest absolute Gasteiger partial charge is 0.507 e. The van der Waals surface area contributed by atoms with Crippen molar-refractivity contribution < 1.29 is 37.9 Å². The maximum absolute atomic E-state index is 15.6. The van der Waals surface area contributed by atoms with E-state index in [2.05, 4.69) is 58.2 Å². The molecule has 0 amide bonds. The van der Waals surface area contributed by atoms with Crippen LogP contribution in [-0.4, -0.2) is 81.6 Å². The number of aromatic nitrogens is 1. The molecule has 0 bridgehead atoms. The van der Waals surface area contributed by atoms with E-state index in [9.17, 15) is 5.11 Å². The molecule has 1 heterocycles. The summed E-state index contributed by atoms with van der Waals surface area (Å²) in [5, 5.41) is 19.7. The fourth-order valence-corrected chi connectivity index (χ4v) is 8.98. The molecular formula is C38H57N3O8Si. The summed E-state index contributed by atoms with van der Waals surface area (Å²) in [4.78, 5) is 32.9. The molecule has 12 heteroatoms. The lowest BCUT2D eigenvalue weighted by Crippen LogP contribution is -2.68. The Bertz CT molecular complexity index is 1640. The first kappa shape index (κ1) is 37.9. The summed E-state index contributed by atoms with van der Waals surface area (Å²) in [6, 6.07) is 1.38. The SMILES string of the molecule is CCCCOc1noc2c1C(=O)[C@@]1(O[Si](C)(C)C(C)(C)C)C(=O)C3=C(O)c4c(c(OC)cc(NCC)c4OCCCC)C[C@H]3C[C@H]1[C@@H]2N(C)C. The summed E-state index contributed by atoms with van der Waals surface area (Å²) in [7, 11) is 2.60. The predicted octanol–water partition coefficient (Wildman–Crippen LogP) is 7.76. The number of nitrogens with zero attached hydrogens (tertiary/aromatic N) is 2. The fourth-order valence-electron chi connectivity index (χ4n) is 7.54. The highest BCUT2D eigenvalue weighted by Gasteiger charge is 2.69. The minimum atomic E-state index is -2.84. The van der Waals surface area contributed by atoms with Crippen LogP contribution in [0.25, 0.3) is 5.76 Å². The third-order valence-corrected chi connectivity index (χ3v) is 15.5. The van der Waals surface area contributed by atoms with Gasteiger partial charge in [-0.2, -0.15) is 0 Å². The van der Waals surface area contributed by atoms with E-state index in [0.717, 1.165) is 31.2 Å². The average Bonchev–Trinajstić information content (AvgIpc) is 3.46. The van der Waals surface area contributed by atoms with Gasteiger partial charge < -0.3 is 33.6 Å². The molecule has 2 N–H and O–H groups in total. The minimum Gasteiger partial charge on any atom is -0.507 e. The molecule has 2 aromatic rings. The van der Waals surface area contributed by atoms with Crippen molar-refractivity contribution in [2.45, 2.75) is 110 Å². The van der Waals surface area contributed by atoms with Gasteiger partial charge in [-0.05, 0) is 75.9 Å². The van der Waals surface area contributed by atoms with Crippen molar-refractivity contribution in [3.8, 4) is 17.4 Å². The Kier molecular flexibility index (Phi) is 10.9. The molecule has 0 unspecified atom stereocenters. The van der Waals surface area contributed by atoms with Gasteiger partial charge >= 0.3 is 0 Å². The van der Waals surface area contributed by atoms with Gasteiger partial charge in [0.05, 0.1) is 37.6 Å². The molecule has 3 aliphatic carbocycles. The van der Waals surface area contributed by atoms with Gasteiger partial charge in [-0.1, -0.05) is 47.5 Å². The van der Waals surface area contributed by atoms with Crippen LogP contribution in [0.4, 0.5) is 5.69 Å². The summed E-state index contributed by atoms with van der Waals surface area (Å²) in [5.74, 6) is -0.730. The second-order valence-electron chi connectivity index (χ2n) is 15.6. The molecular weight excluding hydrogens is 655 g/mol. The predicted molar refractivity (Wildman–Crippen MR) is 196 cm³/mol. The Balaban J connectivity index is 1.80. The van der Waals surface area contributed by atoms with Gasteiger partial charge in [0.2, 0.25) is 11.6 Å². The number of rotatable bonds is 14. The van der Waals surface area contributed by atoms with Gasteiger partial charge in [0, 0.05) is 29.7 Å². The number of fused-ring (bicyclic) bond motifs is 4. The number of ketones is 2. The van der Waals surface area contributed by atoms with Crippen molar-refractivity contribution in [1.29, 1.82) is 0 Å². The van der Waals surface area contributed by atoms with Crippen LogP contribution in [0.15, 0.2) is 16.2 Å². The second-order valence-corrected chi connectivity index (χ2v) is 20.4. The van der Waals surface area contributed by atoms with Crippen LogP contribution in [-0.2, 0) is 15.6 Å². The van der Waals surface area contributed by atoms with Crippen LogP contribution in [0, 0.1) is 11.8 Å². The van der Waals surface area contributed by atoms with Crippen LogP contribution in [0.1, 0.15) is 107 Å². The molecule has 4 atom stereocenters. The van der Waals surface area contributed by atoms with Crippen molar-refractivity contribution in [3.05, 3.63) is 34.1 Å². The van der Waals surface area contributed by atoms with Crippen LogP contribution in [0.3, 0.4) is 0 Å². The van der Waals surface area contributed by atoms with E-state index in [1.165, 1.54) is 0 Å². The number of hydrogen-bond acceptors (Lipinski definition) is 11. The van der Waals surface area contributed by atoms with E-state index < -0.39 is 43.4 Å². The molecule has 1 saturated carbocycles. The normalized spacial score (nSPS) is 23.3. The number of methoxy groups -OCH3 is 1. The number of carbonyl (C=O) groups excluding carboxylic acids is 2. The van der Waals surface area contributed by atoms with E-state index >= 15 is 9.59 Å². The Labute approximate surface area is 298 Å². The van der Waals surface area contributed by atoms with E-state index in [1.807, 2.05) is 32.0 Å². The summed E-state index contributed by atoms with van der Waals surface area (Å²) in [5.41, 5.74) is 0.276. The van der Waals surface area contributed by atoms with Crippen molar-refractivity contribution in [2.75, 3.05) is 46.3 Å². The average molecular weight is 712 g/mol. The summed E-state index contributed by atoms with van der Waals surface area (Å²) < 4.78 is 31.5. The molecule has 276 valence electrons. The fraction of sp³-hybridized carbons (Fsp3) is 0.658. The molecule has 3 aliphatic rings. The van der Waals surface area contributed by atoms with E-state index in [0.29, 0.717) is 61.1 Å². The zero-order valence-corrected chi connectivity index (χ0v) is 32.9. The van der Waals surface area contributed by atoms with E-state index in [-0.39, 0.29) is 27.8 Å². The molecule has 1 aromatic heterocycles. The minimum absolute atomic E-state index is 0.0794. The Morgan fingerprint density at radius 2 is 1.72 bits per heavy atom. The van der Waals surface area contributed by atoms with E-state index in [1.54, 1.807) is 7.11 Å². The number of benzene rings is 1. The van der Waals surface area contributed by atoms with Gasteiger partial charge in [0.25, 0.3) is 5.88 Å². The maximum atomic E-state index is 15.6. The van der Waals surface area contributed by atoms with Gasteiger partial charge in [0.15, 0.2) is 25.4 Å². The van der Waals surface area contributed by atoms with Crippen molar-refractivity contribution >= 4 is 31.3 Å². The second kappa shape index (κ2) is 14.3. The van der Waals surface area contributed by atoms with Crippen LogP contribution >= 0.6 is 0 Å². The summed E-state index contributed by atoms with van der Waals surface area (Å²) >= 11 is 0. The molecule has 0 aliphatic heterocycles. The van der Waals surface area contributed by atoms with Gasteiger partial charge in [-0.25, -0.2) is 0 Å². The topological polar surface area (TPSA) is 133 Å².